The molecular weight excluding hydrogens is 1020 g/mol. The minimum absolute atomic E-state index is 0.0248. The van der Waals surface area contributed by atoms with E-state index >= 15 is 0 Å². The Labute approximate surface area is 520 Å². The summed E-state index contributed by atoms with van der Waals surface area (Å²) in [5, 5.41) is 23.3. The van der Waals surface area contributed by atoms with Crippen LogP contribution in [0.3, 0.4) is 0 Å². The Morgan fingerprint density at radius 1 is 0.325 bits per heavy atom. The van der Waals surface area contributed by atoms with Crippen molar-refractivity contribution in [3.8, 4) is 0 Å². The van der Waals surface area contributed by atoms with Crippen molar-refractivity contribution < 1.29 is 24.5 Å². The van der Waals surface area contributed by atoms with Crippen molar-refractivity contribution in [3.05, 3.63) is 12.2 Å². The van der Waals surface area contributed by atoms with E-state index in [0.29, 0.717) is 19.4 Å². The van der Waals surface area contributed by atoms with E-state index < -0.39 is 12.1 Å². The smallest absolute Gasteiger partial charge is 0.305 e. The van der Waals surface area contributed by atoms with Gasteiger partial charge in [-0.3, -0.25) is 9.59 Å². The van der Waals surface area contributed by atoms with Crippen molar-refractivity contribution in [1.29, 1.82) is 0 Å². The van der Waals surface area contributed by atoms with Gasteiger partial charge in [-0.25, -0.2) is 0 Å². The maximum absolute atomic E-state index is 12.5. The monoisotopic (exact) mass is 1170 g/mol. The Morgan fingerprint density at radius 2 is 0.554 bits per heavy atom. The second kappa shape index (κ2) is 73.1. The molecule has 2 unspecified atom stereocenters. The number of carbonyl (C=O) groups is 2. The third kappa shape index (κ3) is 69.6. The first-order valence-electron chi connectivity index (χ1n) is 38.5. The van der Waals surface area contributed by atoms with Gasteiger partial charge in [0.05, 0.1) is 25.4 Å². The molecule has 83 heavy (non-hydrogen) atoms. The Balaban J connectivity index is 3.34. The topological polar surface area (TPSA) is 95.9 Å². The van der Waals surface area contributed by atoms with Gasteiger partial charge in [0, 0.05) is 12.8 Å². The van der Waals surface area contributed by atoms with Gasteiger partial charge >= 0.3 is 5.97 Å². The predicted molar refractivity (Wildman–Crippen MR) is 366 cm³/mol. The summed E-state index contributed by atoms with van der Waals surface area (Å²) >= 11 is 0. The third-order valence-corrected chi connectivity index (χ3v) is 18.3. The molecule has 3 N–H and O–H groups in total. The standard InChI is InChI=1S/C77H151NO5/c1-3-5-7-9-11-13-15-17-19-21-34-37-41-45-49-53-57-61-65-69-75(80)74(73-79)78-76(81)70-66-62-58-54-50-46-42-38-35-32-30-28-26-24-23-25-27-29-31-33-36-40-44-48-52-56-60-64-68-72-83-77(82)71-67-63-59-55-51-47-43-39-22-20-18-16-14-12-10-8-6-4-2/h65,69,74-75,79-80H,3-64,66-68,70-73H2,1-2H3,(H,78,81)/b69-65+. The van der Waals surface area contributed by atoms with E-state index in [1.54, 1.807) is 6.08 Å². The number of hydrogen-bond donors (Lipinski definition) is 3. The van der Waals surface area contributed by atoms with Gasteiger partial charge < -0.3 is 20.3 Å². The highest BCUT2D eigenvalue weighted by molar-refractivity contribution is 5.76. The maximum atomic E-state index is 12.5. The lowest BCUT2D eigenvalue weighted by atomic mass is 10.0. The van der Waals surface area contributed by atoms with Crippen LogP contribution >= 0.6 is 0 Å². The molecule has 0 aliphatic rings. The summed E-state index contributed by atoms with van der Waals surface area (Å²) in [5.41, 5.74) is 0. The van der Waals surface area contributed by atoms with Crippen LogP contribution in [0.1, 0.15) is 444 Å². The summed E-state index contributed by atoms with van der Waals surface area (Å²) in [6.45, 7) is 4.96. The fourth-order valence-electron chi connectivity index (χ4n) is 12.5. The normalized spacial score (nSPS) is 12.5. The third-order valence-electron chi connectivity index (χ3n) is 18.3. The van der Waals surface area contributed by atoms with Gasteiger partial charge in [-0.2, -0.15) is 0 Å². The number of esters is 1. The summed E-state index contributed by atoms with van der Waals surface area (Å²) in [6, 6.07) is -0.625. The number of hydrogen-bond acceptors (Lipinski definition) is 5. The number of carbonyl (C=O) groups excluding carboxylic acids is 2. The highest BCUT2D eigenvalue weighted by Crippen LogP contribution is 2.20. The number of allylic oxidation sites excluding steroid dienone is 1. The number of nitrogens with one attached hydrogen (secondary N) is 1. The van der Waals surface area contributed by atoms with Crippen molar-refractivity contribution in [2.24, 2.45) is 0 Å². The molecule has 0 spiro atoms. The van der Waals surface area contributed by atoms with Crippen LogP contribution in [0, 0.1) is 0 Å². The second-order valence-electron chi connectivity index (χ2n) is 26.7. The lowest BCUT2D eigenvalue weighted by Crippen LogP contribution is -2.45. The SMILES string of the molecule is CCCCCCCCCCCCCCCCCCC/C=C/C(O)C(CO)NC(=O)CCCCCCCCCCCCCCCCCCCCCCCCCCCCCCCOC(=O)CCCCCCCCCCCCCCCCCCCC. The van der Waals surface area contributed by atoms with E-state index in [0.717, 1.165) is 38.5 Å². The number of rotatable bonds is 73. The number of ether oxygens (including phenoxy) is 1. The molecule has 0 radical (unpaired) electrons. The van der Waals surface area contributed by atoms with Crippen molar-refractivity contribution in [3.63, 3.8) is 0 Å². The van der Waals surface area contributed by atoms with Crippen molar-refractivity contribution in [2.45, 2.75) is 456 Å². The van der Waals surface area contributed by atoms with Gasteiger partial charge in [-0.05, 0) is 32.1 Å². The van der Waals surface area contributed by atoms with Crippen LogP contribution in [-0.4, -0.2) is 47.4 Å². The van der Waals surface area contributed by atoms with E-state index in [4.69, 9.17) is 4.74 Å². The fourth-order valence-corrected chi connectivity index (χ4v) is 12.5. The largest absolute Gasteiger partial charge is 0.466 e. The van der Waals surface area contributed by atoms with E-state index in [9.17, 15) is 19.8 Å². The van der Waals surface area contributed by atoms with E-state index in [1.165, 1.54) is 379 Å². The summed E-state index contributed by atoms with van der Waals surface area (Å²) in [4.78, 5) is 24.6. The lowest BCUT2D eigenvalue weighted by molar-refractivity contribution is -0.143. The van der Waals surface area contributed by atoms with E-state index in [2.05, 4.69) is 19.2 Å². The molecule has 0 bridgehead atoms. The van der Waals surface area contributed by atoms with Gasteiger partial charge in [-0.1, -0.05) is 411 Å². The zero-order valence-corrected chi connectivity index (χ0v) is 56.7. The second-order valence-corrected chi connectivity index (χ2v) is 26.7. The van der Waals surface area contributed by atoms with Crippen LogP contribution in [0.4, 0.5) is 0 Å². The predicted octanol–water partition coefficient (Wildman–Crippen LogP) is 25.1. The quantitative estimate of drug-likeness (QED) is 0.0320. The molecule has 1 amide bonds. The highest BCUT2D eigenvalue weighted by atomic mass is 16.5. The number of aliphatic hydroxyl groups excluding tert-OH is 2. The number of amides is 1. The molecule has 0 aromatic heterocycles. The van der Waals surface area contributed by atoms with Gasteiger partial charge in [0.2, 0.25) is 5.91 Å². The average Bonchev–Trinajstić information content (AvgIpc) is 3.49. The molecule has 6 heteroatoms. The van der Waals surface area contributed by atoms with Gasteiger partial charge in [-0.15, -0.1) is 0 Å². The number of unbranched alkanes of at least 4 members (excludes halogenated alkanes) is 62. The Morgan fingerprint density at radius 3 is 0.819 bits per heavy atom. The summed E-state index contributed by atoms with van der Waals surface area (Å²) in [7, 11) is 0. The van der Waals surface area contributed by atoms with Crippen LogP contribution < -0.4 is 5.32 Å². The highest BCUT2D eigenvalue weighted by Gasteiger charge is 2.18. The first kappa shape index (κ1) is 81.6. The molecule has 2 atom stereocenters. The fraction of sp³-hybridized carbons (Fsp3) is 0.948. The minimum atomic E-state index is -0.842. The summed E-state index contributed by atoms with van der Waals surface area (Å²) in [6.07, 6.45) is 91.8. The zero-order chi connectivity index (χ0) is 59.9. The molecule has 0 saturated carbocycles. The molecule has 0 aromatic rings. The minimum Gasteiger partial charge on any atom is -0.466 e. The lowest BCUT2D eigenvalue weighted by Gasteiger charge is -2.20. The molecule has 6 nitrogen and oxygen atoms in total. The van der Waals surface area contributed by atoms with Crippen LogP contribution in [0.5, 0.6) is 0 Å². The average molecular weight is 1170 g/mol. The molecule has 0 aromatic carbocycles. The molecule has 0 aliphatic carbocycles. The van der Waals surface area contributed by atoms with Crippen molar-refractivity contribution >= 4 is 11.9 Å². The summed E-state index contributed by atoms with van der Waals surface area (Å²) < 4.78 is 5.52. The molecule has 0 saturated heterocycles. The molecule has 0 fully saturated rings. The van der Waals surface area contributed by atoms with Crippen LogP contribution in [-0.2, 0) is 14.3 Å². The maximum Gasteiger partial charge on any atom is 0.305 e. The number of aliphatic hydroxyl groups is 2. The zero-order valence-electron chi connectivity index (χ0n) is 56.7. The molecule has 0 heterocycles. The Bertz CT molecular complexity index is 1260. The van der Waals surface area contributed by atoms with Gasteiger partial charge in [0.1, 0.15) is 0 Å². The van der Waals surface area contributed by atoms with Gasteiger partial charge in [0.15, 0.2) is 0 Å². The molecule has 494 valence electrons. The summed E-state index contributed by atoms with van der Waals surface area (Å²) in [5.74, 6) is -0.0350. The Kier molecular flexibility index (Phi) is 71.8. The van der Waals surface area contributed by atoms with Crippen LogP contribution in [0.2, 0.25) is 0 Å². The molecule has 0 aliphatic heterocycles. The van der Waals surface area contributed by atoms with E-state index in [1.807, 2.05) is 6.08 Å². The van der Waals surface area contributed by atoms with E-state index in [-0.39, 0.29) is 18.5 Å². The van der Waals surface area contributed by atoms with Gasteiger partial charge in [0.25, 0.3) is 0 Å². The van der Waals surface area contributed by atoms with Crippen molar-refractivity contribution in [1.82, 2.24) is 5.32 Å². The van der Waals surface area contributed by atoms with Crippen LogP contribution in [0.15, 0.2) is 12.2 Å². The van der Waals surface area contributed by atoms with Crippen molar-refractivity contribution in [2.75, 3.05) is 13.2 Å². The first-order chi connectivity index (χ1) is 41.0. The molecular formula is C77H151NO5. The Hall–Kier alpha value is -1.40. The first-order valence-corrected chi connectivity index (χ1v) is 38.5. The van der Waals surface area contributed by atoms with Crippen LogP contribution in [0.25, 0.3) is 0 Å². The molecule has 0 rings (SSSR count).